The van der Waals surface area contributed by atoms with Gasteiger partial charge in [0.2, 0.25) is 0 Å². The summed E-state index contributed by atoms with van der Waals surface area (Å²) in [6.07, 6.45) is 7.31. The number of benzene rings is 2. The van der Waals surface area contributed by atoms with Gasteiger partial charge in [-0.05, 0) is 36.1 Å². The molecule has 0 heterocycles. The lowest BCUT2D eigenvalue weighted by Crippen LogP contribution is -2.34. The Balaban J connectivity index is 1.66. The summed E-state index contributed by atoms with van der Waals surface area (Å²) in [5.74, 6) is 0.0616. The lowest BCUT2D eigenvalue weighted by Gasteiger charge is -2.16. The molecule has 1 aliphatic carbocycles. The second kappa shape index (κ2) is 7.26. The first-order chi connectivity index (χ1) is 10.8. The van der Waals surface area contributed by atoms with Crippen molar-refractivity contribution in [3.05, 3.63) is 60.2 Å². The Kier molecular flexibility index (Phi) is 4.89. The van der Waals surface area contributed by atoms with Crippen molar-refractivity contribution in [3.63, 3.8) is 0 Å². The predicted octanol–water partition coefficient (Wildman–Crippen LogP) is 4.81. The Morgan fingerprint density at radius 2 is 1.36 bits per heavy atom. The van der Waals surface area contributed by atoms with Crippen LogP contribution in [0.3, 0.4) is 0 Å². The minimum atomic E-state index is 0.0616. The molecule has 1 N–H and O–H groups in total. The summed E-state index contributed by atoms with van der Waals surface area (Å²) >= 11 is 0. The lowest BCUT2D eigenvalue weighted by molar-refractivity contribution is 0.0933. The van der Waals surface area contributed by atoms with Crippen LogP contribution in [0.25, 0.3) is 11.1 Å². The van der Waals surface area contributed by atoms with Crippen LogP contribution in [0.1, 0.15) is 48.9 Å². The van der Waals surface area contributed by atoms with Gasteiger partial charge in [-0.3, -0.25) is 4.79 Å². The van der Waals surface area contributed by atoms with E-state index in [0.29, 0.717) is 6.04 Å². The normalized spacial score (nSPS) is 16.0. The van der Waals surface area contributed by atoms with Crippen LogP contribution < -0.4 is 5.32 Å². The quantitative estimate of drug-likeness (QED) is 0.809. The van der Waals surface area contributed by atoms with E-state index >= 15 is 0 Å². The SMILES string of the molecule is O=C(NC1CCCCCC1)c1ccc(-c2ccccc2)cc1. The molecular formula is C20H23NO. The van der Waals surface area contributed by atoms with Crippen LogP contribution >= 0.6 is 0 Å². The summed E-state index contributed by atoms with van der Waals surface area (Å²) in [6, 6.07) is 18.5. The second-order valence-electron chi connectivity index (χ2n) is 6.11. The van der Waals surface area contributed by atoms with Crippen molar-refractivity contribution in [1.29, 1.82) is 0 Å². The molecule has 3 rings (SSSR count). The van der Waals surface area contributed by atoms with E-state index in [4.69, 9.17) is 0 Å². The van der Waals surface area contributed by atoms with Gasteiger partial charge in [0.05, 0.1) is 0 Å². The van der Waals surface area contributed by atoms with Crippen LogP contribution in [0, 0.1) is 0 Å². The molecule has 2 nitrogen and oxygen atoms in total. The summed E-state index contributed by atoms with van der Waals surface area (Å²) < 4.78 is 0. The van der Waals surface area contributed by atoms with Gasteiger partial charge in [0, 0.05) is 11.6 Å². The Hall–Kier alpha value is -2.09. The van der Waals surface area contributed by atoms with Crippen LogP contribution in [0.4, 0.5) is 0 Å². The standard InChI is InChI=1S/C20H23NO/c22-20(21-19-10-6-1-2-7-11-19)18-14-12-17(13-15-18)16-8-4-3-5-9-16/h3-5,8-9,12-15,19H,1-2,6-7,10-11H2,(H,21,22). The minimum absolute atomic E-state index is 0.0616. The number of hydrogen-bond donors (Lipinski definition) is 1. The Labute approximate surface area is 132 Å². The third-order valence-corrected chi connectivity index (χ3v) is 4.44. The number of amides is 1. The van der Waals surface area contributed by atoms with E-state index in [0.717, 1.165) is 24.0 Å². The van der Waals surface area contributed by atoms with E-state index in [-0.39, 0.29) is 5.91 Å². The van der Waals surface area contributed by atoms with Gasteiger partial charge in [-0.1, -0.05) is 68.1 Å². The molecule has 1 aliphatic rings. The number of rotatable bonds is 3. The first-order valence-corrected chi connectivity index (χ1v) is 8.29. The molecule has 1 amide bonds. The zero-order chi connectivity index (χ0) is 15.2. The first-order valence-electron chi connectivity index (χ1n) is 8.29. The summed E-state index contributed by atoms with van der Waals surface area (Å²) in [7, 11) is 0. The van der Waals surface area contributed by atoms with E-state index < -0.39 is 0 Å². The third-order valence-electron chi connectivity index (χ3n) is 4.44. The van der Waals surface area contributed by atoms with Gasteiger partial charge in [-0.2, -0.15) is 0 Å². The third kappa shape index (κ3) is 3.76. The van der Waals surface area contributed by atoms with Crippen LogP contribution in [-0.2, 0) is 0 Å². The Bertz CT molecular complexity index is 595. The average Bonchev–Trinajstić information content (AvgIpc) is 2.84. The van der Waals surface area contributed by atoms with Crippen LogP contribution in [0.15, 0.2) is 54.6 Å². The highest BCUT2D eigenvalue weighted by molar-refractivity contribution is 5.94. The number of nitrogens with one attached hydrogen (secondary N) is 1. The van der Waals surface area contributed by atoms with Crippen molar-refractivity contribution in [2.45, 2.75) is 44.6 Å². The maximum Gasteiger partial charge on any atom is 0.251 e. The van der Waals surface area contributed by atoms with Crippen molar-refractivity contribution in [3.8, 4) is 11.1 Å². The molecule has 1 saturated carbocycles. The molecule has 0 bridgehead atoms. The fraction of sp³-hybridized carbons (Fsp3) is 0.350. The fourth-order valence-corrected chi connectivity index (χ4v) is 3.14. The molecule has 0 saturated heterocycles. The van der Waals surface area contributed by atoms with Crippen molar-refractivity contribution in [2.75, 3.05) is 0 Å². The highest BCUT2D eigenvalue weighted by Crippen LogP contribution is 2.20. The highest BCUT2D eigenvalue weighted by Gasteiger charge is 2.15. The van der Waals surface area contributed by atoms with Gasteiger partial charge in [0.15, 0.2) is 0 Å². The molecular weight excluding hydrogens is 270 g/mol. The summed E-state index contributed by atoms with van der Waals surface area (Å²) in [5.41, 5.74) is 3.08. The van der Waals surface area contributed by atoms with Gasteiger partial charge < -0.3 is 5.32 Å². The average molecular weight is 293 g/mol. The fourth-order valence-electron chi connectivity index (χ4n) is 3.14. The smallest absolute Gasteiger partial charge is 0.251 e. The predicted molar refractivity (Wildman–Crippen MR) is 90.8 cm³/mol. The zero-order valence-corrected chi connectivity index (χ0v) is 12.9. The molecule has 1 fully saturated rings. The van der Waals surface area contributed by atoms with Gasteiger partial charge in [0.25, 0.3) is 5.91 Å². The molecule has 2 aromatic rings. The van der Waals surface area contributed by atoms with Gasteiger partial charge in [-0.25, -0.2) is 0 Å². The van der Waals surface area contributed by atoms with Crippen molar-refractivity contribution < 1.29 is 4.79 Å². The van der Waals surface area contributed by atoms with E-state index in [1.807, 2.05) is 42.5 Å². The topological polar surface area (TPSA) is 29.1 Å². The Morgan fingerprint density at radius 1 is 0.773 bits per heavy atom. The lowest BCUT2D eigenvalue weighted by atomic mass is 10.0. The second-order valence-corrected chi connectivity index (χ2v) is 6.11. The van der Waals surface area contributed by atoms with Gasteiger partial charge in [-0.15, -0.1) is 0 Å². The maximum atomic E-state index is 12.4. The molecule has 0 aromatic heterocycles. The summed E-state index contributed by atoms with van der Waals surface area (Å²) in [6.45, 7) is 0. The zero-order valence-electron chi connectivity index (χ0n) is 12.9. The molecule has 22 heavy (non-hydrogen) atoms. The van der Waals surface area contributed by atoms with E-state index in [9.17, 15) is 4.79 Å². The van der Waals surface area contributed by atoms with Crippen LogP contribution in [0.5, 0.6) is 0 Å². The summed E-state index contributed by atoms with van der Waals surface area (Å²) in [4.78, 5) is 12.4. The van der Waals surface area contributed by atoms with E-state index in [2.05, 4.69) is 17.4 Å². The highest BCUT2D eigenvalue weighted by atomic mass is 16.1. The van der Waals surface area contributed by atoms with Crippen molar-refractivity contribution >= 4 is 5.91 Å². The van der Waals surface area contributed by atoms with Gasteiger partial charge in [0.1, 0.15) is 0 Å². The molecule has 2 heteroatoms. The molecule has 0 atom stereocenters. The molecule has 0 unspecified atom stereocenters. The molecule has 0 aliphatic heterocycles. The summed E-state index contributed by atoms with van der Waals surface area (Å²) in [5, 5.41) is 3.20. The van der Waals surface area contributed by atoms with E-state index in [1.54, 1.807) is 0 Å². The maximum absolute atomic E-state index is 12.4. The molecule has 114 valence electrons. The van der Waals surface area contributed by atoms with Crippen molar-refractivity contribution in [1.82, 2.24) is 5.32 Å². The largest absolute Gasteiger partial charge is 0.349 e. The minimum Gasteiger partial charge on any atom is -0.349 e. The van der Waals surface area contributed by atoms with Crippen LogP contribution in [-0.4, -0.2) is 11.9 Å². The molecule has 2 aromatic carbocycles. The number of carbonyl (C=O) groups is 1. The monoisotopic (exact) mass is 293 g/mol. The van der Waals surface area contributed by atoms with Crippen LogP contribution in [0.2, 0.25) is 0 Å². The van der Waals surface area contributed by atoms with Gasteiger partial charge >= 0.3 is 0 Å². The number of hydrogen-bond acceptors (Lipinski definition) is 1. The Morgan fingerprint density at radius 3 is 2.00 bits per heavy atom. The van der Waals surface area contributed by atoms with Crippen molar-refractivity contribution in [2.24, 2.45) is 0 Å². The first kappa shape index (κ1) is 14.8. The van der Waals surface area contributed by atoms with E-state index in [1.165, 1.54) is 31.2 Å². The number of carbonyl (C=O) groups excluding carboxylic acids is 1. The molecule has 0 radical (unpaired) electrons. The molecule has 0 spiro atoms.